The number of aromatic nitrogens is 1. The lowest BCUT2D eigenvalue weighted by molar-refractivity contribution is 0.182. The summed E-state index contributed by atoms with van der Waals surface area (Å²) in [5, 5.41) is 9.67. The Hall–Kier alpha value is -2.15. The monoisotopic (exact) mass is 384 g/mol. The van der Waals surface area contributed by atoms with Crippen LogP contribution >= 0.6 is 11.3 Å². The Morgan fingerprint density at radius 2 is 1.81 bits per heavy atom. The zero-order valence-electron chi connectivity index (χ0n) is 15.2. The van der Waals surface area contributed by atoms with Crippen LogP contribution in [0.4, 0.5) is 0 Å². The Balaban J connectivity index is 1.28. The van der Waals surface area contributed by atoms with Gasteiger partial charge in [0.25, 0.3) is 5.19 Å². The summed E-state index contributed by atoms with van der Waals surface area (Å²) in [5.74, 6) is 1.59. The van der Waals surface area contributed by atoms with Crippen LogP contribution in [0.15, 0.2) is 48.5 Å². The standard InChI is InChI=1S/C21H24N2O3S/c24-14-3-12-23(16-6-7-16)13-15-25-17-8-10-18(11-9-17)26-21-22-19-4-1-2-5-20(19)27-21/h1-2,4-5,8-11,16,24H,3,6-7,12-15H2. The van der Waals surface area contributed by atoms with Gasteiger partial charge in [-0.25, -0.2) is 4.98 Å². The summed E-state index contributed by atoms with van der Waals surface area (Å²) >= 11 is 1.54. The van der Waals surface area contributed by atoms with E-state index in [-0.39, 0.29) is 6.61 Å². The van der Waals surface area contributed by atoms with Gasteiger partial charge < -0.3 is 14.6 Å². The van der Waals surface area contributed by atoms with Crippen LogP contribution in [0.5, 0.6) is 16.7 Å². The molecular formula is C21H24N2O3S. The minimum absolute atomic E-state index is 0.250. The first kappa shape index (κ1) is 18.2. The van der Waals surface area contributed by atoms with Gasteiger partial charge >= 0.3 is 0 Å². The minimum Gasteiger partial charge on any atom is -0.492 e. The fraction of sp³-hybridized carbons (Fsp3) is 0.381. The molecule has 0 atom stereocenters. The highest BCUT2D eigenvalue weighted by atomic mass is 32.1. The number of aliphatic hydroxyl groups excluding tert-OH is 1. The van der Waals surface area contributed by atoms with Gasteiger partial charge in [0.15, 0.2) is 0 Å². The third-order valence-corrected chi connectivity index (χ3v) is 5.53. The molecule has 1 saturated carbocycles. The molecule has 0 spiro atoms. The number of hydrogen-bond acceptors (Lipinski definition) is 6. The van der Waals surface area contributed by atoms with E-state index in [2.05, 4.69) is 9.88 Å². The molecule has 0 unspecified atom stereocenters. The maximum atomic E-state index is 9.02. The van der Waals surface area contributed by atoms with Gasteiger partial charge in [0.1, 0.15) is 18.1 Å². The molecule has 1 fully saturated rings. The first-order valence-electron chi connectivity index (χ1n) is 9.43. The van der Waals surface area contributed by atoms with Gasteiger partial charge in [0, 0.05) is 25.7 Å². The molecule has 1 aromatic heterocycles. The number of rotatable bonds is 10. The number of fused-ring (bicyclic) bond motifs is 1. The molecule has 0 amide bonds. The van der Waals surface area contributed by atoms with Crippen molar-refractivity contribution in [1.29, 1.82) is 0 Å². The molecule has 142 valence electrons. The first-order valence-corrected chi connectivity index (χ1v) is 10.2. The fourth-order valence-electron chi connectivity index (χ4n) is 3.07. The molecule has 1 N–H and O–H groups in total. The van der Waals surface area contributed by atoms with Crippen LogP contribution in [0.2, 0.25) is 0 Å². The molecule has 27 heavy (non-hydrogen) atoms. The Morgan fingerprint density at radius 1 is 1.04 bits per heavy atom. The van der Waals surface area contributed by atoms with Gasteiger partial charge in [-0.15, -0.1) is 0 Å². The van der Waals surface area contributed by atoms with Crippen LogP contribution in [-0.4, -0.2) is 47.3 Å². The van der Waals surface area contributed by atoms with E-state index in [1.54, 1.807) is 11.3 Å². The predicted molar refractivity (Wildman–Crippen MR) is 108 cm³/mol. The van der Waals surface area contributed by atoms with E-state index in [9.17, 15) is 0 Å². The Kier molecular flexibility index (Phi) is 5.87. The molecule has 1 aliphatic carbocycles. The van der Waals surface area contributed by atoms with Gasteiger partial charge in [-0.05, 0) is 55.7 Å². The van der Waals surface area contributed by atoms with Gasteiger partial charge in [0.05, 0.1) is 10.2 Å². The van der Waals surface area contributed by atoms with E-state index in [0.29, 0.717) is 17.8 Å². The van der Waals surface area contributed by atoms with Crippen molar-refractivity contribution in [2.45, 2.75) is 25.3 Å². The van der Waals surface area contributed by atoms with Crippen molar-refractivity contribution < 1.29 is 14.6 Å². The zero-order chi connectivity index (χ0) is 18.5. The molecular weight excluding hydrogens is 360 g/mol. The summed E-state index contributed by atoms with van der Waals surface area (Å²) in [7, 11) is 0. The number of benzene rings is 2. The lowest BCUT2D eigenvalue weighted by Crippen LogP contribution is -2.32. The van der Waals surface area contributed by atoms with Crippen molar-refractivity contribution in [3.8, 4) is 16.7 Å². The number of thiazole rings is 1. The van der Waals surface area contributed by atoms with Crippen LogP contribution in [0.25, 0.3) is 10.2 Å². The van der Waals surface area contributed by atoms with Gasteiger partial charge in [-0.1, -0.05) is 23.5 Å². The molecule has 2 aromatic carbocycles. The molecule has 4 rings (SSSR count). The number of nitrogens with zero attached hydrogens (tertiary/aromatic N) is 2. The Bertz CT molecular complexity index is 828. The van der Waals surface area contributed by atoms with Crippen molar-refractivity contribution >= 4 is 21.6 Å². The van der Waals surface area contributed by atoms with Crippen molar-refractivity contribution in [3.63, 3.8) is 0 Å². The summed E-state index contributed by atoms with van der Waals surface area (Å²) in [6.45, 7) is 2.74. The second kappa shape index (κ2) is 8.69. The average Bonchev–Trinajstić information content (AvgIpc) is 3.45. The van der Waals surface area contributed by atoms with Crippen LogP contribution in [0, 0.1) is 0 Å². The van der Waals surface area contributed by atoms with E-state index < -0.39 is 0 Å². The molecule has 0 saturated heterocycles. The van der Waals surface area contributed by atoms with E-state index in [1.807, 2.05) is 48.5 Å². The molecule has 5 nitrogen and oxygen atoms in total. The summed E-state index contributed by atoms with van der Waals surface area (Å²) in [5.41, 5.74) is 0.957. The average molecular weight is 385 g/mol. The normalized spacial score (nSPS) is 14.0. The highest BCUT2D eigenvalue weighted by Crippen LogP contribution is 2.31. The molecule has 1 aliphatic rings. The highest BCUT2D eigenvalue weighted by molar-refractivity contribution is 7.20. The van der Waals surface area contributed by atoms with E-state index in [1.165, 1.54) is 12.8 Å². The lowest BCUT2D eigenvalue weighted by Gasteiger charge is -2.21. The molecule has 1 heterocycles. The number of ether oxygens (including phenoxy) is 2. The summed E-state index contributed by atoms with van der Waals surface area (Å²) in [4.78, 5) is 6.91. The lowest BCUT2D eigenvalue weighted by atomic mass is 10.3. The van der Waals surface area contributed by atoms with Crippen LogP contribution in [-0.2, 0) is 0 Å². The first-order chi connectivity index (χ1) is 13.3. The van der Waals surface area contributed by atoms with Gasteiger partial charge in [-0.2, -0.15) is 0 Å². The summed E-state index contributed by atoms with van der Waals surface area (Å²) < 4.78 is 12.9. The SMILES string of the molecule is OCCCN(CCOc1ccc(Oc2nc3ccccc3s2)cc1)C1CC1. The van der Waals surface area contributed by atoms with Crippen molar-refractivity contribution in [2.24, 2.45) is 0 Å². The minimum atomic E-state index is 0.250. The smallest absolute Gasteiger partial charge is 0.279 e. The molecule has 0 aliphatic heterocycles. The van der Waals surface area contributed by atoms with E-state index >= 15 is 0 Å². The van der Waals surface area contributed by atoms with Gasteiger partial charge in [-0.3, -0.25) is 4.90 Å². The maximum Gasteiger partial charge on any atom is 0.279 e. The van der Waals surface area contributed by atoms with Crippen LogP contribution in [0.3, 0.4) is 0 Å². The molecule has 3 aromatic rings. The van der Waals surface area contributed by atoms with Crippen molar-refractivity contribution in [2.75, 3.05) is 26.3 Å². The molecule has 6 heteroatoms. The Labute approximate surface area is 163 Å². The van der Waals surface area contributed by atoms with Crippen LogP contribution < -0.4 is 9.47 Å². The third kappa shape index (κ3) is 4.97. The highest BCUT2D eigenvalue weighted by Gasteiger charge is 2.28. The number of hydrogen-bond donors (Lipinski definition) is 1. The molecule has 0 bridgehead atoms. The quantitative estimate of drug-likeness (QED) is 0.564. The summed E-state index contributed by atoms with van der Waals surface area (Å²) in [6.07, 6.45) is 3.36. The summed E-state index contributed by atoms with van der Waals surface area (Å²) in [6, 6.07) is 16.4. The van der Waals surface area contributed by atoms with Gasteiger partial charge in [0.2, 0.25) is 0 Å². The largest absolute Gasteiger partial charge is 0.492 e. The van der Waals surface area contributed by atoms with E-state index in [0.717, 1.165) is 41.2 Å². The van der Waals surface area contributed by atoms with Crippen LogP contribution in [0.1, 0.15) is 19.3 Å². The topological polar surface area (TPSA) is 54.8 Å². The van der Waals surface area contributed by atoms with E-state index in [4.69, 9.17) is 14.6 Å². The fourth-order valence-corrected chi connectivity index (χ4v) is 3.91. The molecule has 0 radical (unpaired) electrons. The second-order valence-corrected chi connectivity index (χ2v) is 7.71. The maximum absolute atomic E-state index is 9.02. The second-order valence-electron chi connectivity index (χ2n) is 6.71. The Morgan fingerprint density at radius 3 is 2.56 bits per heavy atom. The predicted octanol–water partition coefficient (Wildman–Crippen LogP) is 4.31. The third-order valence-electron chi connectivity index (χ3n) is 4.62. The number of aliphatic hydroxyl groups is 1. The number of para-hydroxylation sites is 1. The van der Waals surface area contributed by atoms with Crippen molar-refractivity contribution in [1.82, 2.24) is 9.88 Å². The zero-order valence-corrected chi connectivity index (χ0v) is 16.0. The van der Waals surface area contributed by atoms with Crippen molar-refractivity contribution in [3.05, 3.63) is 48.5 Å².